The lowest BCUT2D eigenvalue weighted by Gasteiger charge is -2.22. The van der Waals surface area contributed by atoms with E-state index in [0.717, 1.165) is 23.4 Å². The molecule has 0 aliphatic carbocycles. The van der Waals surface area contributed by atoms with Gasteiger partial charge >= 0.3 is 0 Å². The maximum Gasteiger partial charge on any atom is 0.265 e. The van der Waals surface area contributed by atoms with Gasteiger partial charge in [0.1, 0.15) is 4.90 Å². The minimum Gasteiger partial charge on any atom is -0.378 e. The SMILES string of the molecule is CN(C)c1ccc(Br)c(S(=O)(=O)N2CCc3ccccc32)c1. The summed E-state index contributed by atoms with van der Waals surface area (Å²) in [7, 11) is 0.208. The van der Waals surface area contributed by atoms with E-state index in [9.17, 15) is 8.42 Å². The van der Waals surface area contributed by atoms with Crippen LogP contribution in [0.25, 0.3) is 0 Å². The van der Waals surface area contributed by atoms with Crippen molar-refractivity contribution in [3.63, 3.8) is 0 Å². The van der Waals surface area contributed by atoms with Gasteiger partial charge in [-0.2, -0.15) is 0 Å². The van der Waals surface area contributed by atoms with E-state index in [2.05, 4.69) is 15.9 Å². The van der Waals surface area contributed by atoms with Crippen LogP contribution in [-0.2, 0) is 16.4 Å². The van der Waals surface area contributed by atoms with Gasteiger partial charge in [-0.1, -0.05) is 18.2 Å². The number of fused-ring (bicyclic) bond motifs is 1. The Hall–Kier alpha value is -1.53. The molecule has 2 aromatic carbocycles. The van der Waals surface area contributed by atoms with Gasteiger partial charge in [0.05, 0.1) is 5.69 Å². The third-order valence-electron chi connectivity index (χ3n) is 3.84. The second kappa shape index (κ2) is 5.59. The molecule has 1 heterocycles. The number of rotatable bonds is 3. The molecule has 0 N–H and O–H groups in total. The van der Waals surface area contributed by atoms with Crippen LogP contribution in [0.4, 0.5) is 11.4 Å². The number of hydrogen-bond donors (Lipinski definition) is 0. The number of anilines is 2. The summed E-state index contributed by atoms with van der Waals surface area (Å²) in [5, 5.41) is 0. The molecule has 0 bridgehead atoms. The van der Waals surface area contributed by atoms with Crippen molar-refractivity contribution in [3.05, 3.63) is 52.5 Å². The van der Waals surface area contributed by atoms with Crippen molar-refractivity contribution in [1.82, 2.24) is 0 Å². The van der Waals surface area contributed by atoms with Crippen LogP contribution in [0.1, 0.15) is 5.56 Å². The van der Waals surface area contributed by atoms with Crippen LogP contribution in [0.15, 0.2) is 51.8 Å². The number of hydrogen-bond acceptors (Lipinski definition) is 3. The van der Waals surface area contributed by atoms with Gasteiger partial charge in [-0.25, -0.2) is 8.42 Å². The van der Waals surface area contributed by atoms with Crippen molar-refractivity contribution in [2.24, 2.45) is 0 Å². The summed E-state index contributed by atoms with van der Waals surface area (Å²) in [6.07, 6.45) is 0.750. The summed E-state index contributed by atoms with van der Waals surface area (Å²) in [6.45, 7) is 0.486. The number of benzene rings is 2. The van der Waals surface area contributed by atoms with Crippen molar-refractivity contribution in [2.75, 3.05) is 29.8 Å². The summed E-state index contributed by atoms with van der Waals surface area (Å²) in [5.41, 5.74) is 2.71. The fraction of sp³-hybridized carbons (Fsp3) is 0.250. The predicted molar refractivity (Wildman–Crippen MR) is 93.1 cm³/mol. The average Bonchev–Trinajstić information content (AvgIpc) is 2.91. The Bertz CT molecular complexity index is 819. The van der Waals surface area contributed by atoms with E-state index in [4.69, 9.17) is 0 Å². The highest BCUT2D eigenvalue weighted by atomic mass is 79.9. The molecule has 1 aliphatic heterocycles. The van der Waals surface area contributed by atoms with E-state index >= 15 is 0 Å². The Kier molecular flexibility index (Phi) is 3.91. The third-order valence-corrected chi connectivity index (χ3v) is 6.65. The molecule has 0 saturated carbocycles. The first kappa shape index (κ1) is 15.4. The molecule has 0 aromatic heterocycles. The Morgan fingerprint density at radius 2 is 1.86 bits per heavy atom. The predicted octanol–water partition coefficient (Wildman–Crippen LogP) is 3.27. The van der Waals surface area contributed by atoms with Gasteiger partial charge in [0.2, 0.25) is 0 Å². The average molecular weight is 381 g/mol. The largest absolute Gasteiger partial charge is 0.378 e. The van der Waals surface area contributed by atoms with E-state index in [1.165, 1.54) is 4.31 Å². The van der Waals surface area contributed by atoms with Crippen molar-refractivity contribution >= 4 is 37.3 Å². The Labute approximate surface area is 139 Å². The van der Waals surface area contributed by atoms with Gasteiger partial charge < -0.3 is 4.90 Å². The van der Waals surface area contributed by atoms with Crippen molar-refractivity contribution in [1.29, 1.82) is 0 Å². The molecule has 0 radical (unpaired) electrons. The van der Waals surface area contributed by atoms with E-state index in [1.54, 1.807) is 12.1 Å². The normalized spacial score (nSPS) is 14.0. The summed E-state index contributed by atoms with van der Waals surface area (Å²) >= 11 is 3.38. The molecule has 0 amide bonds. The minimum absolute atomic E-state index is 0.301. The molecule has 1 aliphatic rings. The number of para-hydroxylation sites is 1. The maximum absolute atomic E-state index is 13.1. The van der Waals surface area contributed by atoms with Gasteiger partial charge in [-0.05, 0) is 52.2 Å². The molecule has 0 atom stereocenters. The fourth-order valence-corrected chi connectivity index (χ4v) is 5.09. The third kappa shape index (κ3) is 2.50. The highest BCUT2D eigenvalue weighted by molar-refractivity contribution is 9.10. The summed E-state index contributed by atoms with van der Waals surface area (Å²) < 4.78 is 28.2. The molecule has 3 rings (SSSR count). The molecule has 0 saturated heterocycles. The van der Waals surface area contributed by atoms with Crippen LogP contribution in [0, 0.1) is 0 Å². The quantitative estimate of drug-likeness (QED) is 0.820. The molecule has 0 spiro atoms. The highest BCUT2D eigenvalue weighted by Gasteiger charge is 2.32. The zero-order chi connectivity index (χ0) is 15.9. The number of sulfonamides is 1. The molecular formula is C16H17BrN2O2S. The molecular weight excluding hydrogens is 364 g/mol. The maximum atomic E-state index is 13.1. The lowest BCUT2D eigenvalue weighted by Crippen LogP contribution is -2.29. The van der Waals surface area contributed by atoms with Gasteiger partial charge in [0, 0.05) is 30.8 Å². The monoisotopic (exact) mass is 380 g/mol. The second-order valence-corrected chi connectivity index (χ2v) is 8.15. The lowest BCUT2D eigenvalue weighted by molar-refractivity contribution is 0.592. The molecule has 22 heavy (non-hydrogen) atoms. The second-order valence-electron chi connectivity index (χ2n) is 5.47. The van der Waals surface area contributed by atoms with Crippen molar-refractivity contribution < 1.29 is 8.42 Å². The molecule has 0 fully saturated rings. The van der Waals surface area contributed by atoms with Crippen LogP contribution >= 0.6 is 15.9 Å². The van der Waals surface area contributed by atoms with Crippen molar-refractivity contribution in [3.8, 4) is 0 Å². The van der Waals surface area contributed by atoms with Crippen LogP contribution < -0.4 is 9.21 Å². The van der Waals surface area contributed by atoms with Crippen molar-refractivity contribution in [2.45, 2.75) is 11.3 Å². The zero-order valence-corrected chi connectivity index (χ0v) is 14.9. The first-order chi connectivity index (χ1) is 10.4. The molecule has 4 nitrogen and oxygen atoms in total. The molecule has 2 aromatic rings. The summed E-state index contributed by atoms with van der Waals surface area (Å²) in [5.74, 6) is 0. The van der Waals surface area contributed by atoms with Crippen LogP contribution in [0.5, 0.6) is 0 Å². The number of halogens is 1. The van der Waals surface area contributed by atoms with Gasteiger partial charge in [0.15, 0.2) is 0 Å². The summed E-state index contributed by atoms with van der Waals surface area (Å²) in [6, 6.07) is 13.0. The van der Waals surface area contributed by atoms with Crippen LogP contribution in [0.2, 0.25) is 0 Å². The van der Waals surface area contributed by atoms with Gasteiger partial charge in [-0.3, -0.25) is 4.31 Å². The van der Waals surface area contributed by atoms with E-state index in [-0.39, 0.29) is 0 Å². The Balaban J connectivity index is 2.10. The van der Waals surface area contributed by atoms with Crippen LogP contribution in [-0.4, -0.2) is 29.1 Å². The van der Waals surface area contributed by atoms with E-state index < -0.39 is 10.0 Å². The molecule has 6 heteroatoms. The Morgan fingerprint density at radius 1 is 1.14 bits per heavy atom. The minimum atomic E-state index is -3.58. The Morgan fingerprint density at radius 3 is 2.59 bits per heavy atom. The summed E-state index contributed by atoms with van der Waals surface area (Å²) in [4.78, 5) is 2.19. The first-order valence-electron chi connectivity index (χ1n) is 6.99. The fourth-order valence-electron chi connectivity index (χ4n) is 2.64. The van der Waals surface area contributed by atoms with E-state index in [0.29, 0.717) is 15.9 Å². The van der Waals surface area contributed by atoms with Crippen LogP contribution in [0.3, 0.4) is 0 Å². The standard InChI is InChI=1S/C16H17BrN2O2S/c1-18(2)13-7-8-14(17)16(11-13)22(20,21)19-10-9-12-5-3-4-6-15(12)19/h3-8,11H,9-10H2,1-2H3. The molecule has 116 valence electrons. The van der Waals surface area contributed by atoms with E-state index in [1.807, 2.05) is 49.3 Å². The number of nitrogens with zero attached hydrogens (tertiary/aromatic N) is 2. The smallest absolute Gasteiger partial charge is 0.265 e. The molecule has 0 unspecified atom stereocenters. The lowest BCUT2D eigenvalue weighted by atomic mass is 10.2. The first-order valence-corrected chi connectivity index (χ1v) is 9.22. The zero-order valence-electron chi connectivity index (χ0n) is 12.5. The van der Waals surface area contributed by atoms with Gasteiger partial charge in [0.25, 0.3) is 10.0 Å². The van der Waals surface area contributed by atoms with Gasteiger partial charge in [-0.15, -0.1) is 0 Å². The highest BCUT2D eigenvalue weighted by Crippen LogP contribution is 2.36. The topological polar surface area (TPSA) is 40.6 Å².